The second kappa shape index (κ2) is 12.4. The molecule has 3 aromatic rings. The standard InChI is InChI=1S/C19H14ClN3O.Ag.NO3/c20-16-11-9-15(10-12-16)19(24)23-22-18(14-6-2-1-3-7-14)17-8-4-5-13-21-17;;2-1(3)4/h1-13H,(H,23,24);;/q;+1;-1/b22-18+;;. The molecule has 0 aliphatic carbocycles. The summed E-state index contributed by atoms with van der Waals surface area (Å²) in [6, 6.07) is 21.8. The van der Waals surface area contributed by atoms with Crippen LogP contribution in [0.5, 0.6) is 0 Å². The van der Waals surface area contributed by atoms with Gasteiger partial charge >= 0.3 is 22.4 Å². The van der Waals surface area contributed by atoms with Crippen molar-refractivity contribution in [3.63, 3.8) is 0 Å². The van der Waals surface area contributed by atoms with Crippen molar-refractivity contribution in [3.05, 3.63) is 116 Å². The van der Waals surface area contributed by atoms with E-state index in [1.807, 2.05) is 48.5 Å². The van der Waals surface area contributed by atoms with Crippen molar-refractivity contribution in [2.75, 3.05) is 0 Å². The van der Waals surface area contributed by atoms with Crippen LogP contribution in [0.15, 0.2) is 84.1 Å². The number of pyridine rings is 1. The smallest absolute Gasteiger partial charge is 0.356 e. The first-order chi connectivity index (χ1) is 13.5. The molecule has 1 heterocycles. The Bertz CT molecular complexity index is 909. The average Bonchev–Trinajstić information content (AvgIpc) is 2.70. The van der Waals surface area contributed by atoms with E-state index in [9.17, 15) is 4.79 Å². The Labute approximate surface area is 186 Å². The number of halogens is 1. The molecule has 0 unspecified atom stereocenters. The maximum absolute atomic E-state index is 12.2. The molecule has 0 saturated heterocycles. The molecule has 0 aliphatic rings. The number of hydrazone groups is 1. The van der Waals surface area contributed by atoms with Crippen molar-refractivity contribution >= 4 is 23.2 Å². The Balaban J connectivity index is 0.000000771. The van der Waals surface area contributed by atoms with E-state index in [-0.39, 0.29) is 28.3 Å². The van der Waals surface area contributed by atoms with Crippen molar-refractivity contribution in [3.8, 4) is 0 Å². The summed E-state index contributed by atoms with van der Waals surface area (Å²) < 4.78 is 0. The number of carbonyl (C=O) groups is 1. The van der Waals surface area contributed by atoms with Gasteiger partial charge in [-0.1, -0.05) is 48.0 Å². The summed E-state index contributed by atoms with van der Waals surface area (Å²) in [4.78, 5) is 24.8. The molecule has 1 aromatic heterocycles. The molecule has 1 amide bonds. The number of nitrogens with zero attached hydrogens (tertiary/aromatic N) is 3. The van der Waals surface area contributed by atoms with Gasteiger partial charge in [0.2, 0.25) is 0 Å². The number of hydrogen-bond acceptors (Lipinski definition) is 6. The molecule has 1 N–H and O–H groups in total. The molecule has 2 aromatic carbocycles. The summed E-state index contributed by atoms with van der Waals surface area (Å²) in [6.45, 7) is 0. The van der Waals surface area contributed by atoms with Gasteiger partial charge in [-0.05, 0) is 36.4 Å². The minimum atomic E-state index is -1.75. The van der Waals surface area contributed by atoms with Crippen LogP contribution in [0, 0.1) is 15.3 Å². The normalized spacial score (nSPS) is 10.0. The maximum atomic E-state index is 12.2. The summed E-state index contributed by atoms with van der Waals surface area (Å²) in [6.07, 6.45) is 1.69. The zero-order valence-electron chi connectivity index (χ0n) is 14.7. The fourth-order valence-electron chi connectivity index (χ4n) is 2.14. The Morgan fingerprint density at radius 3 is 2.07 bits per heavy atom. The van der Waals surface area contributed by atoms with Crippen LogP contribution >= 0.6 is 11.6 Å². The van der Waals surface area contributed by atoms with Crippen molar-refractivity contribution in [1.29, 1.82) is 0 Å². The van der Waals surface area contributed by atoms with E-state index in [1.165, 1.54) is 0 Å². The number of nitrogens with one attached hydrogen (secondary N) is 1. The molecule has 152 valence electrons. The van der Waals surface area contributed by atoms with Crippen molar-refractivity contribution in [1.82, 2.24) is 10.4 Å². The fourth-order valence-corrected chi connectivity index (χ4v) is 2.27. The Morgan fingerprint density at radius 2 is 1.52 bits per heavy atom. The van der Waals surface area contributed by atoms with E-state index >= 15 is 0 Å². The van der Waals surface area contributed by atoms with Gasteiger partial charge in [0.15, 0.2) is 0 Å². The molecular weight excluding hydrogens is 492 g/mol. The van der Waals surface area contributed by atoms with E-state index in [2.05, 4.69) is 15.5 Å². The Kier molecular flexibility index (Phi) is 10.3. The van der Waals surface area contributed by atoms with Gasteiger partial charge in [-0.2, -0.15) is 5.10 Å². The van der Waals surface area contributed by atoms with E-state index in [1.54, 1.807) is 30.5 Å². The molecule has 0 atom stereocenters. The first-order valence-electron chi connectivity index (χ1n) is 7.89. The van der Waals surface area contributed by atoms with Crippen LogP contribution in [0.2, 0.25) is 5.02 Å². The molecule has 0 aliphatic heterocycles. The maximum Gasteiger partial charge on any atom is 1.00 e. The summed E-state index contributed by atoms with van der Waals surface area (Å²) >= 11 is 5.84. The average molecular weight is 506 g/mol. The van der Waals surface area contributed by atoms with Gasteiger partial charge in [-0.3, -0.25) is 9.78 Å². The van der Waals surface area contributed by atoms with Crippen LogP contribution < -0.4 is 5.43 Å². The monoisotopic (exact) mass is 504 g/mol. The number of carbonyl (C=O) groups excluding carboxylic acids is 1. The largest absolute Gasteiger partial charge is 1.00 e. The summed E-state index contributed by atoms with van der Waals surface area (Å²) in [7, 11) is 0. The molecule has 0 saturated carbocycles. The topological polar surface area (TPSA) is 121 Å². The summed E-state index contributed by atoms with van der Waals surface area (Å²) in [5.74, 6) is -0.309. The van der Waals surface area contributed by atoms with Gasteiger partial charge in [-0.15, -0.1) is 0 Å². The Morgan fingerprint density at radius 1 is 0.931 bits per heavy atom. The van der Waals surface area contributed by atoms with Gasteiger partial charge in [0, 0.05) is 22.3 Å². The molecule has 0 radical (unpaired) electrons. The molecule has 0 spiro atoms. The van der Waals surface area contributed by atoms with Crippen LogP contribution in [0.4, 0.5) is 0 Å². The number of hydrogen-bond donors (Lipinski definition) is 1. The van der Waals surface area contributed by atoms with E-state index in [0.29, 0.717) is 22.0 Å². The second-order valence-corrected chi connectivity index (χ2v) is 5.65. The SMILES string of the molecule is O=C(N/N=C(\c1ccccc1)c1ccccn1)c1ccc(Cl)cc1.O=[N+]([O-])[O-].[Ag+]. The number of amides is 1. The van der Waals surface area contributed by atoms with E-state index in [4.69, 9.17) is 26.9 Å². The third-order valence-electron chi connectivity index (χ3n) is 3.33. The van der Waals surface area contributed by atoms with Crippen molar-refractivity contribution < 1.29 is 32.3 Å². The fraction of sp³-hybridized carbons (Fsp3) is 0. The minimum absolute atomic E-state index is 0. The molecule has 8 nitrogen and oxygen atoms in total. The summed E-state index contributed by atoms with van der Waals surface area (Å²) in [5.41, 5.74) is 5.21. The minimum Gasteiger partial charge on any atom is -0.356 e. The van der Waals surface area contributed by atoms with Gasteiger partial charge in [-0.25, -0.2) is 5.43 Å². The molecule has 10 heteroatoms. The molecule has 0 fully saturated rings. The van der Waals surface area contributed by atoms with Crippen molar-refractivity contribution in [2.24, 2.45) is 5.10 Å². The number of benzene rings is 2. The first-order valence-corrected chi connectivity index (χ1v) is 8.27. The van der Waals surface area contributed by atoms with Gasteiger partial charge < -0.3 is 15.3 Å². The van der Waals surface area contributed by atoms with Crippen LogP contribution in [-0.2, 0) is 22.4 Å². The molecular formula is C19H14AgClN4O4. The predicted octanol–water partition coefficient (Wildman–Crippen LogP) is 3.68. The van der Waals surface area contributed by atoms with Crippen LogP contribution in [0.1, 0.15) is 21.6 Å². The van der Waals surface area contributed by atoms with E-state index < -0.39 is 5.09 Å². The first kappa shape index (κ1) is 24.0. The predicted molar refractivity (Wildman–Crippen MR) is 106 cm³/mol. The third kappa shape index (κ3) is 8.24. The van der Waals surface area contributed by atoms with Gasteiger partial charge in [0.25, 0.3) is 5.91 Å². The zero-order valence-corrected chi connectivity index (χ0v) is 16.9. The van der Waals surface area contributed by atoms with Crippen molar-refractivity contribution in [2.45, 2.75) is 0 Å². The molecule has 3 rings (SSSR count). The number of rotatable bonds is 4. The van der Waals surface area contributed by atoms with Crippen LogP contribution in [-0.4, -0.2) is 21.7 Å². The van der Waals surface area contributed by atoms with Crippen LogP contribution in [0.3, 0.4) is 0 Å². The van der Waals surface area contributed by atoms with Gasteiger partial charge in [0.1, 0.15) is 5.71 Å². The molecule has 29 heavy (non-hydrogen) atoms. The van der Waals surface area contributed by atoms with Gasteiger partial charge in [0.05, 0.1) is 10.8 Å². The second-order valence-electron chi connectivity index (χ2n) is 5.21. The van der Waals surface area contributed by atoms with Crippen LogP contribution in [0.25, 0.3) is 0 Å². The zero-order chi connectivity index (χ0) is 20.4. The van der Waals surface area contributed by atoms with E-state index in [0.717, 1.165) is 5.56 Å². The Hall–Kier alpha value is -3.04. The number of aromatic nitrogens is 1. The molecule has 0 bridgehead atoms. The quantitative estimate of drug-likeness (QED) is 0.251. The summed E-state index contributed by atoms with van der Waals surface area (Å²) in [5, 5.41) is 19.6. The third-order valence-corrected chi connectivity index (χ3v) is 3.58.